The van der Waals surface area contributed by atoms with Gasteiger partial charge in [-0.1, -0.05) is 20.8 Å². The maximum atomic E-state index is 13.1. The third kappa shape index (κ3) is 9.50. The van der Waals surface area contributed by atoms with Gasteiger partial charge in [0, 0.05) is 29.7 Å². The molecule has 42 heavy (non-hydrogen) atoms. The van der Waals surface area contributed by atoms with Crippen molar-refractivity contribution in [1.29, 1.82) is 0 Å². The third-order valence-corrected chi connectivity index (χ3v) is 7.14. The van der Waals surface area contributed by atoms with Crippen molar-refractivity contribution in [3.05, 3.63) is 30.1 Å². The minimum atomic E-state index is -2.43. The van der Waals surface area contributed by atoms with Crippen molar-refractivity contribution in [1.82, 2.24) is 24.5 Å². The summed E-state index contributed by atoms with van der Waals surface area (Å²) in [5.41, 5.74) is 11.3. The molecule has 0 bridgehead atoms. The highest BCUT2D eigenvalue weighted by molar-refractivity contribution is 6.32. The van der Waals surface area contributed by atoms with Crippen LogP contribution in [0.25, 0.3) is 16.8 Å². The molecule has 3 aromatic rings. The maximum absolute atomic E-state index is 13.1. The van der Waals surface area contributed by atoms with Crippen LogP contribution in [-0.4, -0.2) is 69.0 Å². The van der Waals surface area contributed by atoms with Crippen LogP contribution in [0.4, 0.5) is 29.2 Å². The van der Waals surface area contributed by atoms with Gasteiger partial charge in [-0.2, -0.15) is 0 Å². The molecule has 0 unspecified atom stereocenters. The monoisotopic (exact) mass is 589 g/mol. The Bertz CT molecular complexity index is 1320. The summed E-state index contributed by atoms with van der Waals surface area (Å²) in [6.07, 6.45) is 3.65. The fourth-order valence-electron chi connectivity index (χ4n) is 4.73. The van der Waals surface area contributed by atoms with Crippen LogP contribution in [-0.2, 0) is 0 Å². The second-order valence-corrected chi connectivity index (χ2v) is 10.8. The second-order valence-electron chi connectivity index (χ2n) is 10.8. The van der Waals surface area contributed by atoms with Crippen LogP contribution in [0.1, 0.15) is 85.8 Å². The van der Waals surface area contributed by atoms with E-state index in [9.17, 15) is 17.6 Å². The summed E-state index contributed by atoms with van der Waals surface area (Å²) < 4.78 is 49.3. The van der Waals surface area contributed by atoms with E-state index in [1.54, 1.807) is 10.7 Å². The Balaban J connectivity index is 0.000000260. The van der Waals surface area contributed by atoms with Gasteiger partial charge in [0.15, 0.2) is 0 Å². The second kappa shape index (κ2) is 15.5. The molecule has 5 rings (SSSR count). The lowest BCUT2D eigenvalue weighted by molar-refractivity contribution is -0.108. The van der Waals surface area contributed by atoms with Gasteiger partial charge in [0.2, 0.25) is 12.4 Å². The predicted octanol–water partition coefficient (Wildman–Crippen LogP) is 6.94. The molecule has 1 saturated carbocycles. The van der Waals surface area contributed by atoms with Crippen molar-refractivity contribution < 1.29 is 17.6 Å². The molecule has 3 aromatic heterocycles. The number of aromatic nitrogens is 4. The van der Waals surface area contributed by atoms with Crippen molar-refractivity contribution in [2.45, 2.75) is 105 Å². The summed E-state index contributed by atoms with van der Waals surface area (Å²) in [5, 5.41) is 4.11. The number of fused-ring (bicyclic) bond motifs is 1. The molecule has 230 valence electrons. The van der Waals surface area contributed by atoms with Gasteiger partial charge in [0.25, 0.3) is 5.92 Å². The average molecular weight is 590 g/mol. The minimum Gasteiger partial charge on any atom is -0.367 e. The molecule has 1 aliphatic carbocycles. The van der Waals surface area contributed by atoms with Crippen LogP contribution in [0, 0.1) is 6.92 Å². The maximum Gasteiger partial charge on any atom is 0.260 e. The number of nitrogens with two attached hydrogens (primary N) is 1. The van der Waals surface area contributed by atoms with E-state index >= 15 is 0 Å². The van der Waals surface area contributed by atoms with Gasteiger partial charge in [-0.15, -0.1) is 5.10 Å². The van der Waals surface area contributed by atoms with Crippen molar-refractivity contribution in [3.63, 3.8) is 0 Å². The van der Waals surface area contributed by atoms with E-state index < -0.39 is 12.3 Å². The highest BCUT2D eigenvalue weighted by Crippen LogP contribution is 2.41. The van der Waals surface area contributed by atoms with E-state index in [1.165, 1.54) is 13.3 Å². The number of nitrogen functional groups attached to an aromatic ring is 1. The predicted molar refractivity (Wildman–Crippen MR) is 165 cm³/mol. The summed E-state index contributed by atoms with van der Waals surface area (Å²) in [6, 6.07) is 5.68. The Morgan fingerprint density at radius 3 is 2.29 bits per heavy atom. The van der Waals surface area contributed by atoms with Crippen LogP contribution in [0.5, 0.6) is 0 Å². The zero-order valence-corrected chi connectivity index (χ0v) is 25.9. The lowest BCUT2D eigenvalue weighted by Crippen LogP contribution is -2.57. The van der Waals surface area contributed by atoms with E-state index in [-0.39, 0.29) is 30.9 Å². The van der Waals surface area contributed by atoms with Crippen LogP contribution in [0.3, 0.4) is 0 Å². The number of likely N-dealkylation sites (tertiary alicyclic amines) is 1. The molecule has 1 saturated heterocycles. The largest absolute Gasteiger partial charge is 0.367 e. The first-order chi connectivity index (χ1) is 19.7. The van der Waals surface area contributed by atoms with Gasteiger partial charge in [-0.3, -0.25) is 14.9 Å². The van der Waals surface area contributed by atoms with Gasteiger partial charge in [-0.05, 0) is 83.7 Å². The first kappa shape index (κ1) is 35.2. The van der Waals surface area contributed by atoms with Crippen molar-refractivity contribution >= 4 is 36.3 Å². The van der Waals surface area contributed by atoms with Gasteiger partial charge in [0.05, 0.1) is 35.3 Å². The molecule has 7 nitrogen and oxygen atoms in total. The average Bonchev–Trinajstić information content (AvgIpc) is 3.25. The molecule has 12 heteroatoms. The lowest BCUT2D eigenvalue weighted by Gasteiger charge is -2.50. The highest BCUT2D eigenvalue weighted by atomic mass is 19.3. The number of hydrogen-bond acceptors (Lipinski definition) is 6. The molecular weight excluding hydrogens is 545 g/mol. The summed E-state index contributed by atoms with van der Waals surface area (Å²) in [5.74, 6) is -2.26. The third-order valence-electron chi connectivity index (χ3n) is 7.14. The smallest absolute Gasteiger partial charge is 0.260 e. The molecule has 0 amide bonds. The zero-order chi connectivity index (χ0) is 31.7. The summed E-state index contributed by atoms with van der Waals surface area (Å²) in [4.78, 5) is 15.1. The van der Waals surface area contributed by atoms with Crippen LogP contribution in [0.15, 0.2) is 29.4 Å². The molecule has 2 aliphatic rings. The van der Waals surface area contributed by atoms with Gasteiger partial charge >= 0.3 is 0 Å². The number of alkyl halides is 4. The number of aryl methyl sites for hydroxylation is 1. The topological polar surface area (TPSA) is 84.7 Å². The van der Waals surface area contributed by atoms with E-state index in [1.807, 2.05) is 57.7 Å². The fourth-order valence-corrected chi connectivity index (χ4v) is 4.73. The number of pyridine rings is 1. The van der Waals surface area contributed by atoms with Crippen LogP contribution in [0.2, 0.25) is 0 Å². The Morgan fingerprint density at radius 2 is 1.79 bits per heavy atom. The van der Waals surface area contributed by atoms with Crippen LogP contribution < -0.4 is 11.3 Å². The highest BCUT2D eigenvalue weighted by Gasteiger charge is 2.45. The molecule has 2 fully saturated rings. The Kier molecular flexibility index (Phi) is 12.9. The van der Waals surface area contributed by atoms with E-state index in [0.29, 0.717) is 12.0 Å². The number of halogens is 4. The zero-order valence-electron chi connectivity index (χ0n) is 25.9. The molecule has 1 aliphatic heterocycles. The number of hydrogen-bond donors (Lipinski definition) is 1. The summed E-state index contributed by atoms with van der Waals surface area (Å²) >= 11 is 0. The SMILES string of the molecule is CC.CC1(N2CCCC(F)(F)C2)CCC1.CCC(F)F.[B]c1cc(-c2ccc(N=C(C)C)c(C)n2)c2cnc(N)nn12. The van der Waals surface area contributed by atoms with Crippen molar-refractivity contribution in [2.24, 2.45) is 4.99 Å². The number of piperidine rings is 1. The molecule has 4 heterocycles. The molecule has 2 N–H and O–H groups in total. The first-order valence-electron chi connectivity index (χ1n) is 14.6. The van der Waals surface area contributed by atoms with Gasteiger partial charge < -0.3 is 5.73 Å². The normalized spacial score (nSPS) is 17.0. The summed E-state index contributed by atoms with van der Waals surface area (Å²) in [6.45, 7) is 14.3. The molecule has 2 radical (unpaired) electrons. The molecule has 0 spiro atoms. The van der Waals surface area contributed by atoms with E-state index in [0.717, 1.165) is 53.3 Å². The van der Waals surface area contributed by atoms with Crippen molar-refractivity contribution in [2.75, 3.05) is 18.8 Å². The minimum absolute atomic E-state index is 0.0104. The fraction of sp³-hybridized carbons (Fsp3) is 0.600. The standard InChI is InChI=1S/C15H15BN6.C10H17F2N.C3H6F2.C2H6/c1-8(2)19-11-4-5-12(20-9(11)3)10-6-14(16)22-13(10)7-18-15(17)21-22;1-9(4-2-5-9)13-7-3-6-10(11,12)8-13;1-2-3(4)5;1-2/h4-7H,1-3H3,(H2,17,21);2-8H2,1H3;3H,2H2,1H3;1-2H3. The number of nitrogens with zero attached hydrogens (tertiary/aromatic N) is 6. The lowest BCUT2D eigenvalue weighted by atomic mass is 9.76. The van der Waals surface area contributed by atoms with Gasteiger partial charge in [-0.25, -0.2) is 27.1 Å². The number of anilines is 1. The van der Waals surface area contributed by atoms with Crippen LogP contribution >= 0.6 is 0 Å². The first-order valence-corrected chi connectivity index (χ1v) is 14.6. The number of rotatable bonds is 4. The van der Waals surface area contributed by atoms with Gasteiger partial charge in [0.1, 0.15) is 7.85 Å². The molecule has 0 aromatic carbocycles. The summed E-state index contributed by atoms with van der Waals surface area (Å²) in [7, 11) is 5.98. The van der Waals surface area contributed by atoms with Crippen molar-refractivity contribution in [3.8, 4) is 11.3 Å². The Morgan fingerprint density at radius 1 is 1.14 bits per heavy atom. The van der Waals surface area contributed by atoms with E-state index in [2.05, 4.69) is 27.0 Å². The molecule has 0 atom stereocenters. The number of aliphatic imine (C=N–C) groups is 1. The quantitative estimate of drug-likeness (QED) is 0.203. The van der Waals surface area contributed by atoms with E-state index in [4.69, 9.17) is 13.6 Å². The Labute approximate surface area is 248 Å². The molecular formula is C30H44BF4N7. The Hall–Kier alpha value is -3.02.